The number of sulfone groups is 2. The molecule has 0 aliphatic heterocycles. The van der Waals surface area contributed by atoms with Crippen molar-refractivity contribution in [2.24, 2.45) is 0 Å². The number of anilines is 2. The van der Waals surface area contributed by atoms with Crippen LogP contribution in [0.15, 0.2) is 83.6 Å². The van der Waals surface area contributed by atoms with Gasteiger partial charge in [-0.25, -0.2) is 36.8 Å². The van der Waals surface area contributed by atoms with Gasteiger partial charge in [-0.05, 0) is 49.2 Å². The Morgan fingerprint density at radius 3 is 1.16 bits per heavy atom. The quantitative estimate of drug-likeness (QED) is 0.119. The number of imidazole rings is 2. The Labute approximate surface area is 357 Å². The van der Waals surface area contributed by atoms with E-state index in [2.05, 4.69) is 30.6 Å². The first kappa shape index (κ1) is 51.8. The molecule has 29 heteroatoms. The third-order valence-corrected chi connectivity index (χ3v) is 11.5. The second-order valence-corrected chi connectivity index (χ2v) is 19.7. The zero-order chi connectivity index (χ0) is 45.4. The van der Waals surface area contributed by atoms with Crippen LogP contribution >= 0.6 is 22.7 Å². The fourth-order valence-electron chi connectivity index (χ4n) is 4.89. The van der Waals surface area contributed by atoms with E-state index < -0.39 is 40.5 Å². The van der Waals surface area contributed by atoms with E-state index in [1.54, 1.807) is 83.0 Å². The number of nitrogens with one attached hydrogen (secondary N) is 2. The lowest BCUT2D eigenvalue weighted by molar-refractivity contribution is -0.115. The summed E-state index contributed by atoms with van der Waals surface area (Å²) in [5, 5.41) is 6.36. The summed E-state index contributed by atoms with van der Waals surface area (Å²) in [6.45, 7) is 6.54. The van der Waals surface area contributed by atoms with Gasteiger partial charge in [-0.1, -0.05) is 34.8 Å². The topological polar surface area (TPSA) is 369 Å². The summed E-state index contributed by atoms with van der Waals surface area (Å²) >= 11 is 2.69. The second-order valence-electron chi connectivity index (χ2n) is 12.0. The molecule has 0 aliphatic carbocycles. The van der Waals surface area contributed by atoms with Crippen molar-refractivity contribution in [3.63, 3.8) is 0 Å². The fourth-order valence-corrected chi connectivity index (χ4v) is 8.62. The maximum absolute atomic E-state index is 12.1. The molecule has 23 nitrogen and oxygen atoms in total. The zero-order valence-corrected chi connectivity index (χ0v) is 37.3. The molecule has 0 atom stereocenters. The molecule has 2 aromatic carbocycles. The van der Waals surface area contributed by atoms with Crippen molar-refractivity contribution in [3.05, 3.63) is 85.2 Å². The van der Waals surface area contributed by atoms with Gasteiger partial charge in [-0.2, -0.15) is 16.8 Å². The predicted molar refractivity (Wildman–Crippen MR) is 226 cm³/mol. The van der Waals surface area contributed by atoms with Crippen LogP contribution in [0.1, 0.15) is 25.2 Å². The molecule has 0 spiro atoms. The van der Waals surface area contributed by atoms with Crippen molar-refractivity contribution in [1.29, 1.82) is 0 Å². The van der Waals surface area contributed by atoms with Crippen LogP contribution in [-0.2, 0) is 50.1 Å². The molecular formula is C32H38N8O15S6. The molecule has 61 heavy (non-hydrogen) atoms. The summed E-state index contributed by atoms with van der Waals surface area (Å²) < 4.78 is 115. The number of nitrogens with zero attached hydrogens (tertiary/aromatic N) is 6. The molecule has 8 N–H and O–H groups in total. The van der Waals surface area contributed by atoms with Crippen LogP contribution in [0.3, 0.4) is 0 Å². The summed E-state index contributed by atoms with van der Waals surface area (Å²) in [6.07, 6.45) is 12.0. The number of hydrogen-bond acceptors (Lipinski definition) is 16. The van der Waals surface area contributed by atoms with E-state index in [0.717, 1.165) is 32.3 Å². The van der Waals surface area contributed by atoms with E-state index in [9.17, 15) is 26.4 Å². The average Bonchev–Trinajstić information content (AvgIpc) is 3.91. The van der Waals surface area contributed by atoms with Gasteiger partial charge in [0.25, 0.3) is 0 Å². The van der Waals surface area contributed by atoms with Crippen molar-refractivity contribution in [2.75, 3.05) is 23.1 Å². The first-order chi connectivity index (χ1) is 27.5. The van der Waals surface area contributed by atoms with Crippen molar-refractivity contribution in [1.82, 2.24) is 29.1 Å². The van der Waals surface area contributed by atoms with Crippen LogP contribution < -0.4 is 10.6 Å². The molecule has 0 saturated heterocycles. The van der Waals surface area contributed by atoms with Crippen LogP contribution in [0.5, 0.6) is 0 Å². The lowest BCUT2D eigenvalue weighted by Gasteiger charge is -2.11. The molecule has 6 rings (SSSR count). The molecule has 2 amide bonds. The Kier molecular flexibility index (Phi) is 17.8. The smallest absolute Gasteiger partial charge is 0.394 e. The summed E-state index contributed by atoms with van der Waals surface area (Å²) in [4.78, 5) is 41.3. The van der Waals surface area contributed by atoms with Crippen molar-refractivity contribution < 1.29 is 66.9 Å². The van der Waals surface area contributed by atoms with E-state index in [1.807, 2.05) is 13.8 Å². The Hall–Kier alpha value is -5.34. The largest absolute Gasteiger partial charge is 0.412 e. The highest BCUT2D eigenvalue weighted by Gasteiger charge is 2.20. The molecule has 4 aromatic heterocycles. The van der Waals surface area contributed by atoms with Gasteiger partial charge in [0, 0.05) is 51.1 Å². The third kappa shape index (κ3) is 16.9. The number of rotatable bonds is 8. The van der Waals surface area contributed by atoms with E-state index in [0.29, 0.717) is 21.6 Å². The number of aromatic nitrogens is 6. The number of aryl methyl sites for hydroxylation is 2. The van der Waals surface area contributed by atoms with Crippen LogP contribution in [0.4, 0.5) is 10.3 Å². The Bertz CT molecular complexity index is 2710. The van der Waals surface area contributed by atoms with Gasteiger partial charge >= 0.3 is 20.8 Å². The van der Waals surface area contributed by atoms with E-state index >= 15 is 0 Å². The minimum absolute atomic E-state index is 0. The first-order valence-corrected chi connectivity index (χ1v) is 24.3. The number of amides is 2. The summed E-state index contributed by atoms with van der Waals surface area (Å²) in [5.74, 6) is -0.376. The Morgan fingerprint density at radius 1 is 0.607 bits per heavy atom. The van der Waals surface area contributed by atoms with Crippen LogP contribution in [0, 0.1) is 13.8 Å². The zero-order valence-electron chi connectivity index (χ0n) is 32.4. The normalized spacial score (nSPS) is 11.3. The molecule has 0 fully saturated rings. The number of carbonyl (C=O) groups is 2. The molecule has 6 aromatic rings. The number of carbonyl (C=O) groups excluding carboxylic acids is 2. The highest BCUT2D eigenvalue weighted by molar-refractivity contribution is 7.91. The van der Waals surface area contributed by atoms with Crippen molar-refractivity contribution in [2.45, 2.75) is 37.5 Å². The standard InChI is InChI=1S/2C16H16N4O3S2.2H2O4S.H2O/c2*1-10-15(24-16(18-10)19-11(2)21)12-4-5-14(25(3,22)23)13(8-12)20-7-6-17-9-20;2*1-5(2,3)4;/h2*4-9H,1-3H3,(H,18,19,21);2*(H2,1,2,3,4);1H2. The SMILES string of the molecule is CC(=O)Nc1nc(C)c(-c2ccc(S(C)(=O)=O)c(-n3ccnc3)c2)s1.CC(=O)Nc1nc(C)c(-c2ccc(S(C)(=O)=O)c(-n3ccnc3)c2)s1.O.O=S(=O)(O)O.O=S(=O)(O)O. The Morgan fingerprint density at radius 2 is 0.918 bits per heavy atom. The van der Waals surface area contributed by atoms with E-state index in [4.69, 9.17) is 35.0 Å². The molecular weight excluding hydrogens is 929 g/mol. The second kappa shape index (κ2) is 21.0. The maximum atomic E-state index is 12.1. The summed E-state index contributed by atoms with van der Waals surface area (Å²) in [6, 6.07) is 10.2. The van der Waals surface area contributed by atoms with Gasteiger partial charge in [0.05, 0.1) is 55.0 Å². The first-order valence-electron chi connectivity index (χ1n) is 16.1. The number of benzene rings is 2. The molecule has 0 bridgehead atoms. The molecule has 0 aliphatic rings. The summed E-state index contributed by atoms with van der Waals surface area (Å²) in [5.41, 5.74) is 4.21. The van der Waals surface area contributed by atoms with Gasteiger partial charge in [-0.3, -0.25) is 27.8 Å². The van der Waals surface area contributed by atoms with Crippen LogP contribution in [0.25, 0.3) is 32.3 Å². The predicted octanol–water partition coefficient (Wildman–Crippen LogP) is 3.20. The third-order valence-electron chi connectivity index (χ3n) is 6.97. The highest BCUT2D eigenvalue weighted by atomic mass is 32.3. The Balaban J connectivity index is 0.000000340. The van der Waals surface area contributed by atoms with E-state index in [1.165, 1.54) is 49.0 Å². The number of thiazole rings is 2. The molecule has 332 valence electrons. The minimum atomic E-state index is -4.67. The molecule has 0 saturated carbocycles. The number of hydrogen-bond donors (Lipinski definition) is 6. The van der Waals surface area contributed by atoms with Gasteiger partial charge < -0.3 is 25.2 Å². The fraction of sp³-hybridized carbons (Fsp3) is 0.188. The van der Waals surface area contributed by atoms with Crippen molar-refractivity contribution in [3.8, 4) is 32.3 Å². The van der Waals surface area contributed by atoms with E-state index in [-0.39, 0.29) is 27.1 Å². The van der Waals surface area contributed by atoms with Gasteiger partial charge in [0.15, 0.2) is 29.9 Å². The highest BCUT2D eigenvalue weighted by Crippen LogP contribution is 2.37. The lowest BCUT2D eigenvalue weighted by Crippen LogP contribution is -2.04. The lowest BCUT2D eigenvalue weighted by atomic mass is 10.1. The van der Waals surface area contributed by atoms with Crippen molar-refractivity contribution >= 4 is 85.2 Å². The molecule has 0 unspecified atom stereocenters. The average molecular weight is 967 g/mol. The van der Waals surface area contributed by atoms with Gasteiger partial charge in [-0.15, -0.1) is 0 Å². The molecule has 4 heterocycles. The molecule has 0 radical (unpaired) electrons. The van der Waals surface area contributed by atoms with Gasteiger partial charge in [0.2, 0.25) is 11.8 Å². The van der Waals surface area contributed by atoms with Gasteiger partial charge in [0.1, 0.15) is 0 Å². The van der Waals surface area contributed by atoms with Crippen LogP contribution in [-0.4, -0.2) is 111 Å². The monoisotopic (exact) mass is 966 g/mol. The van der Waals surface area contributed by atoms with Crippen LogP contribution in [0.2, 0.25) is 0 Å². The minimum Gasteiger partial charge on any atom is -0.412 e. The maximum Gasteiger partial charge on any atom is 0.394 e. The summed E-state index contributed by atoms with van der Waals surface area (Å²) in [7, 11) is -16.1.